The van der Waals surface area contributed by atoms with Crippen LogP contribution in [-0.4, -0.2) is 25.2 Å². The van der Waals surface area contributed by atoms with Crippen molar-refractivity contribution in [1.82, 2.24) is 19.3 Å². The lowest BCUT2D eigenvalue weighted by atomic mass is 10.2. The van der Waals surface area contributed by atoms with E-state index in [2.05, 4.69) is 23.5 Å². The Kier molecular flexibility index (Phi) is 3.72. The zero-order chi connectivity index (χ0) is 12.4. The van der Waals surface area contributed by atoms with Crippen LogP contribution in [0.15, 0.2) is 0 Å². The first-order chi connectivity index (χ1) is 8.22. The Hall–Kier alpha value is -1.03. The highest BCUT2D eigenvalue weighted by Crippen LogP contribution is 2.21. The van der Waals surface area contributed by atoms with E-state index in [0.29, 0.717) is 5.88 Å². The number of aromatic nitrogens is 4. The predicted molar refractivity (Wildman–Crippen MR) is 70.6 cm³/mol. The van der Waals surface area contributed by atoms with Gasteiger partial charge in [-0.3, -0.25) is 4.68 Å². The van der Waals surface area contributed by atoms with Crippen LogP contribution in [0.1, 0.15) is 31.8 Å². The smallest absolute Gasteiger partial charge is 0.158 e. The Bertz CT molecular complexity index is 512. The molecule has 0 unspecified atom stereocenters. The van der Waals surface area contributed by atoms with E-state index < -0.39 is 0 Å². The molecule has 2 aromatic rings. The molecule has 0 atom stereocenters. The highest BCUT2D eigenvalue weighted by atomic mass is 35.5. The summed E-state index contributed by atoms with van der Waals surface area (Å²) in [5, 5.41) is 4.55. The summed E-state index contributed by atoms with van der Waals surface area (Å²) in [6, 6.07) is 0. The van der Waals surface area contributed by atoms with Gasteiger partial charge in [0.2, 0.25) is 0 Å². The van der Waals surface area contributed by atoms with Gasteiger partial charge in [-0.05, 0) is 13.3 Å². The molecule has 0 amide bonds. The van der Waals surface area contributed by atoms with Gasteiger partial charge < -0.3 is 4.57 Å². The summed E-state index contributed by atoms with van der Waals surface area (Å²) in [5.74, 6) is 1.68. The first kappa shape index (κ1) is 12.4. The van der Waals surface area contributed by atoms with Gasteiger partial charge in [-0.25, -0.2) is 4.98 Å². The molecule has 5 heteroatoms. The maximum atomic E-state index is 5.82. The van der Waals surface area contributed by atoms with E-state index >= 15 is 0 Å². The van der Waals surface area contributed by atoms with E-state index in [4.69, 9.17) is 16.6 Å². The summed E-state index contributed by atoms with van der Waals surface area (Å²) >= 11 is 5.82. The van der Waals surface area contributed by atoms with E-state index in [-0.39, 0.29) is 0 Å². The topological polar surface area (TPSA) is 35.6 Å². The van der Waals surface area contributed by atoms with Gasteiger partial charge in [-0.1, -0.05) is 13.3 Å². The minimum absolute atomic E-state index is 0.611. The predicted octanol–water partition coefficient (Wildman–Crippen LogP) is 2.52. The van der Waals surface area contributed by atoms with Crippen molar-refractivity contribution in [2.24, 2.45) is 7.05 Å². The van der Waals surface area contributed by atoms with E-state index in [1.807, 2.05) is 11.7 Å². The Labute approximate surface area is 107 Å². The lowest BCUT2D eigenvalue weighted by Crippen LogP contribution is -2.06. The molecule has 0 fully saturated rings. The zero-order valence-electron chi connectivity index (χ0n) is 10.7. The molecule has 0 spiro atoms. The number of nitrogens with zero attached hydrogens (tertiary/aromatic N) is 4. The summed E-state index contributed by atoms with van der Waals surface area (Å²) < 4.78 is 4.15. The zero-order valence-corrected chi connectivity index (χ0v) is 11.5. The summed E-state index contributed by atoms with van der Waals surface area (Å²) in [5.41, 5.74) is 3.28. The summed E-state index contributed by atoms with van der Waals surface area (Å²) in [6.07, 6.45) is 2.89. The van der Waals surface area contributed by atoms with Crippen molar-refractivity contribution in [3.8, 4) is 0 Å². The molecule has 0 saturated heterocycles. The standard InChI is InChI=1S/C12H19ClN4/c1-4-6-9-11-12(16(3)15-9)17(5-2)10(14-11)7-8-13/h4-8H2,1-3H3. The molecule has 0 radical (unpaired) electrons. The summed E-state index contributed by atoms with van der Waals surface area (Å²) in [6.45, 7) is 5.20. The quantitative estimate of drug-likeness (QED) is 0.769. The highest BCUT2D eigenvalue weighted by molar-refractivity contribution is 6.17. The van der Waals surface area contributed by atoms with Gasteiger partial charge in [-0.15, -0.1) is 11.6 Å². The van der Waals surface area contributed by atoms with E-state index in [9.17, 15) is 0 Å². The Morgan fingerprint density at radius 3 is 2.59 bits per heavy atom. The van der Waals surface area contributed by atoms with E-state index in [0.717, 1.165) is 48.5 Å². The van der Waals surface area contributed by atoms with Gasteiger partial charge in [0.1, 0.15) is 11.3 Å². The molecular formula is C12H19ClN4. The fourth-order valence-corrected chi connectivity index (χ4v) is 2.47. The third-order valence-corrected chi connectivity index (χ3v) is 3.18. The van der Waals surface area contributed by atoms with Crippen molar-refractivity contribution in [2.45, 2.75) is 39.7 Å². The average Bonchev–Trinajstić information content (AvgIpc) is 2.79. The highest BCUT2D eigenvalue weighted by Gasteiger charge is 2.17. The average molecular weight is 255 g/mol. The first-order valence-electron chi connectivity index (χ1n) is 6.19. The van der Waals surface area contributed by atoms with Crippen molar-refractivity contribution < 1.29 is 0 Å². The van der Waals surface area contributed by atoms with Crippen LogP contribution in [0, 0.1) is 0 Å². The van der Waals surface area contributed by atoms with Crippen molar-refractivity contribution in [3.05, 3.63) is 11.5 Å². The first-order valence-corrected chi connectivity index (χ1v) is 6.73. The number of fused-ring (bicyclic) bond motifs is 1. The van der Waals surface area contributed by atoms with E-state index in [1.165, 1.54) is 0 Å². The Morgan fingerprint density at radius 2 is 2.00 bits per heavy atom. The molecule has 0 N–H and O–H groups in total. The van der Waals surface area contributed by atoms with Crippen LogP contribution in [0.4, 0.5) is 0 Å². The van der Waals surface area contributed by atoms with Gasteiger partial charge in [0.15, 0.2) is 5.65 Å². The van der Waals surface area contributed by atoms with Crippen molar-refractivity contribution in [1.29, 1.82) is 0 Å². The summed E-state index contributed by atoms with van der Waals surface area (Å²) in [4.78, 5) is 4.71. The van der Waals surface area contributed by atoms with Crippen molar-refractivity contribution in [3.63, 3.8) is 0 Å². The fourth-order valence-electron chi connectivity index (χ4n) is 2.30. The van der Waals surface area contributed by atoms with E-state index in [1.54, 1.807) is 0 Å². The minimum Gasteiger partial charge on any atom is -0.313 e. The van der Waals surface area contributed by atoms with Crippen LogP contribution in [0.3, 0.4) is 0 Å². The second-order valence-electron chi connectivity index (χ2n) is 4.20. The molecule has 0 aliphatic heterocycles. The number of imidazole rings is 1. The Morgan fingerprint density at radius 1 is 1.24 bits per heavy atom. The molecule has 0 aliphatic carbocycles. The van der Waals surface area contributed by atoms with Gasteiger partial charge >= 0.3 is 0 Å². The molecule has 0 bridgehead atoms. The lowest BCUT2D eigenvalue weighted by molar-refractivity contribution is 0.670. The van der Waals surface area contributed by atoms with Crippen LogP contribution in [0.2, 0.25) is 0 Å². The maximum absolute atomic E-state index is 5.82. The van der Waals surface area contributed by atoms with Gasteiger partial charge in [0, 0.05) is 25.9 Å². The van der Waals surface area contributed by atoms with Gasteiger partial charge in [0.25, 0.3) is 0 Å². The Balaban J connectivity index is 2.59. The lowest BCUT2D eigenvalue weighted by Gasteiger charge is -2.04. The molecule has 4 nitrogen and oxygen atoms in total. The largest absolute Gasteiger partial charge is 0.313 e. The molecule has 2 heterocycles. The van der Waals surface area contributed by atoms with Gasteiger partial charge in [0.05, 0.1) is 5.69 Å². The van der Waals surface area contributed by atoms with Crippen LogP contribution >= 0.6 is 11.6 Å². The number of rotatable bonds is 5. The van der Waals surface area contributed by atoms with Crippen molar-refractivity contribution >= 4 is 22.8 Å². The van der Waals surface area contributed by atoms with Gasteiger partial charge in [-0.2, -0.15) is 5.10 Å². The molecule has 0 saturated carbocycles. The van der Waals surface area contributed by atoms with Crippen LogP contribution in [-0.2, 0) is 26.4 Å². The summed E-state index contributed by atoms with van der Waals surface area (Å²) in [7, 11) is 1.99. The molecule has 2 aromatic heterocycles. The van der Waals surface area contributed by atoms with Crippen molar-refractivity contribution in [2.75, 3.05) is 5.88 Å². The second-order valence-corrected chi connectivity index (χ2v) is 4.58. The number of alkyl halides is 1. The third-order valence-electron chi connectivity index (χ3n) is 2.99. The normalized spacial score (nSPS) is 11.5. The number of aryl methyl sites for hydroxylation is 4. The second kappa shape index (κ2) is 5.08. The molecule has 0 aromatic carbocycles. The number of halogens is 1. The molecule has 17 heavy (non-hydrogen) atoms. The third kappa shape index (κ3) is 2.06. The minimum atomic E-state index is 0.611. The molecule has 0 aliphatic rings. The SMILES string of the molecule is CCCc1nn(C)c2c1nc(CCCl)n2CC. The fraction of sp³-hybridized carbons (Fsp3) is 0.667. The molecule has 94 valence electrons. The number of hydrogen-bond donors (Lipinski definition) is 0. The molecular weight excluding hydrogens is 236 g/mol. The molecule has 2 rings (SSSR count). The van der Waals surface area contributed by atoms with Crippen LogP contribution in [0.25, 0.3) is 11.2 Å². The maximum Gasteiger partial charge on any atom is 0.158 e. The van der Waals surface area contributed by atoms with Crippen LogP contribution in [0.5, 0.6) is 0 Å². The number of hydrogen-bond acceptors (Lipinski definition) is 2. The monoisotopic (exact) mass is 254 g/mol. The van der Waals surface area contributed by atoms with Crippen LogP contribution < -0.4 is 0 Å².